The van der Waals surface area contributed by atoms with Crippen molar-refractivity contribution in [2.24, 2.45) is 0 Å². The van der Waals surface area contributed by atoms with Gasteiger partial charge in [-0.25, -0.2) is 4.98 Å². The molecule has 1 unspecified atom stereocenters. The fraction of sp³-hybridized carbons (Fsp3) is 0.353. The van der Waals surface area contributed by atoms with Gasteiger partial charge in [0.2, 0.25) is 0 Å². The van der Waals surface area contributed by atoms with Gasteiger partial charge >= 0.3 is 0 Å². The SMILES string of the molecule is Cc1ccc2[nH]c(CNC(C)Cc3cccs3)nc2c1C. The molecule has 21 heavy (non-hydrogen) atoms. The number of rotatable bonds is 5. The Balaban J connectivity index is 1.66. The summed E-state index contributed by atoms with van der Waals surface area (Å²) in [4.78, 5) is 9.56. The number of aromatic nitrogens is 2. The molecule has 0 spiro atoms. The monoisotopic (exact) mass is 299 g/mol. The van der Waals surface area contributed by atoms with Gasteiger partial charge in [-0.05, 0) is 55.8 Å². The topological polar surface area (TPSA) is 40.7 Å². The van der Waals surface area contributed by atoms with Crippen molar-refractivity contribution in [2.45, 2.75) is 39.8 Å². The second-order valence-electron chi connectivity index (χ2n) is 5.65. The maximum Gasteiger partial charge on any atom is 0.121 e. The first-order chi connectivity index (χ1) is 10.1. The molecule has 0 aliphatic rings. The van der Waals surface area contributed by atoms with Gasteiger partial charge in [-0.15, -0.1) is 11.3 Å². The van der Waals surface area contributed by atoms with Crippen molar-refractivity contribution >= 4 is 22.4 Å². The first-order valence-corrected chi connectivity index (χ1v) is 8.22. The number of thiophene rings is 1. The van der Waals surface area contributed by atoms with Gasteiger partial charge in [-0.2, -0.15) is 0 Å². The number of H-pyrrole nitrogens is 1. The lowest BCUT2D eigenvalue weighted by molar-refractivity contribution is 0.539. The molecule has 3 aromatic rings. The lowest BCUT2D eigenvalue weighted by atomic mass is 10.1. The first kappa shape index (κ1) is 14.3. The number of hydrogen-bond acceptors (Lipinski definition) is 3. The van der Waals surface area contributed by atoms with Crippen LogP contribution in [0.4, 0.5) is 0 Å². The summed E-state index contributed by atoms with van der Waals surface area (Å²) < 4.78 is 0. The minimum absolute atomic E-state index is 0.444. The predicted octanol–water partition coefficient (Wildman–Crippen LogP) is 3.96. The number of fused-ring (bicyclic) bond motifs is 1. The molecule has 0 bridgehead atoms. The molecular formula is C17H21N3S. The molecule has 3 rings (SSSR count). The van der Waals surface area contributed by atoms with Crippen molar-refractivity contribution < 1.29 is 0 Å². The number of imidazole rings is 1. The molecule has 0 saturated heterocycles. The van der Waals surface area contributed by atoms with E-state index in [4.69, 9.17) is 4.98 Å². The molecule has 2 heterocycles. The normalized spacial score (nSPS) is 12.9. The molecule has 1 atom stereocenters. The van der Waals surface area contributed by atoms with E-state index in [1.165, 1.54) is 16.0 Å². The summed E-state index contributed by atoms with van der Waals surface area (Å²) in [5.41, 5.74) is 4.78. The third-order valence-electron chi connectivity index (χ3n) is 3.93. The first-order valence-electron chi connectivity index (χ1n) is 7.34. The van der Waals surface area contributed by atoms with E-state index in [0.29, 0.717) is 6.04 Å². The van der Waals surface area contributed by atoms with Crippen LogP contribution in [0.5, 0.6) is 0 Å². The fourth-order valence-corrected chi connectivity index (χ4v) is 3.36. The highest BCUT2D eigenvalue weighted by Crippen LogP contribution is 2.19. The number of benzene rings is 1. The van der Waals surface area contributed by atoms with Crippen molar-refractivity contribution in [3.05, 3.63) is 51.5 Å². The molecule has 0 aliphatic carbocycles. The van der Waals surface area contributed by atoms with Crippen LogP contribution in [-0.2, 0) is 13.0 Å². The number of nitrogens with one attached hydrogen (secondary N) is 2. The largest absolute Gasteiger partial charge is 0.341 e. The average Bonchev–Trinajstić information content (AvgIpc) is 3.10. The molecule has 110 valence electrons. The molecular weight excluding hydrogens is 278 g/mol. The summed E-state index contributed by atoms with van der Waals surface area (Å²) in [5, 5.41) is 5.68. The van der Waals surface area contributed by atoms with Crippen LogP contribution < -0.4 is 5.32 Å². The molecule has 2 aromatic heterocycles. The van der Waals surface area contributed by atoms with E-state index >= 15 is 0 Å². The van der Waals surface area contributed by atoms with E-state index in [-0.39, 0.29) is 0 Å². The van der Waals surface area contributed by atoms with Crippen LogP contribution >= 0.6 is 11.3 Å². The summed E-state index contributed by atoms with van der Waals surface area (Å²) in [6.07, 6.45) is 1.07. The molecule has 0 amide bonds. The predicted molar refractivity (Wildman–Crippen MR) is 89.9 cm³/mol. The van der Waals surface area contributed by atoms with Gasteiger partial charge in [0.25, 0.3) is 0 Å². The summed E-state index contributed by atoms with van der Waals surface area (Å²) in [6.45, 7) is 7.26. The van der Waals surface area contributed by atoms with Gasteiger partial charge in [-0.3, -0.25) is 0 Å². The number of hydrogen-bond donors (Lipinski definition) is 2. The van der Waals surface area contributed by atoms with Crippen LogP contribution in [0.2, 0.25) is 0 Å². The molecule has 3 nitrogen and oxygen atoms in total. The van der Waals surface area contributed by atoms with Crippen molar-refractivity contribution in [1.29, 1.82) is 0 Å². The number of aryl methyl sites for hydroxylation is 2. The van der Waals surface area contributed by atoms with Crippen molar-refractivity contribution in [3.8, 4) is 0 Å². The summed E-state index contributed by atoms with van der Waals surface area (Å²) >= 11 is 1.82. The highest BCUT2D eigenvalue weighted by atomic mass is 32.1. The van der Waals surface area contributed by atoms with Crippen LogP contribution in [0.1, 0.15) is 28.8 Å². The average molecular weight is 299 g/mol. The lowest BCUT2D eigenvalue weighted by Crippen LogP contribution is -2.27. The number of aromatic amines is 1. The van der Waals surface area contributed by atoms with Crippen LogP contribution in [0, 0.1) is 13.8 Å². The number of nitrogens with zero attached hydrogens (tertiary/aromatic N) is 1. The second kappa shape index (κ2) is 6.00. The summed E-state index contributed by atoms with van der Waals surface area (Å²) in [6, 6.07) is 9.00. The molecule has 0 fully saturated rings. The molecule has 0 radical (unpaired) electrons. The fourth-order valence-electron chi connectivity index (χ4n) is 2.52. The van der Waals surface area contributed by atoms with E-state index < -0.39 is 0 Å². The second-order valence-corrected chi connectivity index (χ2v) is 6.68. The highest BCUT2D eigenvalue weighted by molar-refractivity contribution is 7.09. The molecule has 1 aromatic carbocycles. The maximum absolute atomic E-state index is 4.73. The van der Waals surface area contributed by atoms with E-state index in [1.807, 2.05) is 11.3 Å². The Morgan fingerprint density at radius 3 is 2.90 bits per heavy atom. The third-order valence-corrected chi connectivity index (χ3v) is 4.83. The maximum atomic E-state index is 4.73. The Bertz CT molecular complexity index is 728. The minimum atomic E-state index is 0.444. The van der Waals surface area contributed by atoms with Crippen molar-refractivity contribution in [1.82, 2.24) is 15.3 Å². The Morgan fingerprint density at radius 2 is 2.14 bits per heavy atom. The smallest absolute Gasteiger partial charge is 0.121 e. The Morgan fingerprint density at radius 1 is 1.29 bits per heavy atom. The van der Waals surface area contributed by atoms with Gasteiger partial charge in [0.1, 0.15) is 5.82 Å². The zero-order chi connectivity index (χ0) is 14.8. The zero-order valence-electron chi connectivity index (χ0n) is 12.7. The van der Waals surface area contributed by atoms with E-state index in [1.54, 1.807) is 0 Å². The summed E-state index contributed by atoms with van der Waals surface area (Å²) in [5.74, 6) is 1.01. The third kappa shape index (κ3) is 3.17. The van der Waals surface area contributed by atoms with Gasteiger partial charge in [0.15, 0.2) is 0 Å². The van der Waals surface area contributed by atoms with Crippen LogP contribution in [-0.4, -0.2) is 16.0 Å². The Labute approximate surface area is 129 Å². The van der Waals surface area contributed by atoms with E-state index in [2.05, 4.69) is 60.7 Å². The van der Waals surface area contributed by atoms with Gasteiger partial charge in [0.05, 0.1) is 17.6 Å². The van der Waals surface area contributed by atoms with Crippen LogP contribution in [0.3, 0.4) is 0 Å². The Kier molecular flexibility index (Phi) is 4.08. The quantitative estimate of drug-likeness (QED) is 0.748. The minimum Gasteiger partial charge on any atom is -0.341 e. The van der Waals surface area contributed by atoms with Gasteiger partial charge < -0.3 is 10.3 Å². The van der Waals surface area contributed by atoms with Gasteiger partial charge in [0, 0.05) is 10.9 Å². The van der Waals surface area contributed by atoms with E-state index in [0.717, 1.165) is 29.8 Å². The molecule has 2 N–H and O–H groups in total. The zero-order valence-corrected chi connectivity index (χ0v) is 13.6. The lowest BCUT2D eigenvalue weighted by Gasteiger charge is -2.11. The standard InChI is InChI=1S/C17H21N3S/c1-11-6-7-15-17(13(11)3)20-16(19-15)10-18-12(2)9-14-5-4-8-21-14/h4-8,12,18H,9-10H2,1-3H3,(H,19,20). The van der Waals surface area contributed by atoms with Crippen molar-refractivity contribution in [3.63, 3.8) is 0 Å². The molecule has 0 aliphatic heterocycles. The summed E-state index contributed by atoms with van der Waals surface area (Å²) in [7, 11) is 0. The van der Waals surface area contributed by atoms with Crippen LogP contribution in [0.25, 0.3) is 11.0 Å². The van der Waals surface area contributed by atoms with Crippen LogP contribution in [0.15, 0.2) is 29.6 Å². The Hall–Kier alpha value is -1.65. The molecule has 0 saturated carbocycles. The van der Waals surface area contributed by atoms with E-state index in [9.17, 15) is 0 Å². The highest BCUT2D eigenvalue weighted by Gasteiger charge is 2.09. The van der Waals surface area contributed by atoms with Crippen molar-refractivity contribution in [2.75, 3.05) is 0 Å². The van der Waals surface area contributed by atoms with Gasteiger partial charge in [-0.1, -0.05) is 12.1 Å². The molecule has 4 heteroatoms.